The highest BCUT2D eigenvalue weighted by atomic mass is 16.5. The van der Waals surface area contributed by atoms with Crippen LogP contribution in [-0.2, 0) is 9.53 Å². The summed E-state index contributed by atoms with van der Waals surface area (Å²) >= 11 is 0. The Labute approximate surface area is 209 Å². The van der Waals surface area contributed by atoms with Crippen molar-refractivity contribution in [2.45, 2.75) is 78.2 Å². The number of aromatic nitrogens is 1. The number of rotatable bonds is 6. The van der Waals surface area contributed by atoms with E-state index in [0.717, 1.165) is 45.1 Å². The first-order chi connectivity index (χ1) is 16.9. The third-order valence-corrected chi connectivity index (χ3v) is 8.25. The summed E-state index contributed by atoms with van der Waals surface area (Å²) in [6, 6.07) is 0.725. The Morgan fingerprint density at radius 3 is 2.17 bits per heavy atom. The molecule has 1 aromatic rings. The summed E-state index contributed by atoms with van der Waals surface area (Å²) in [5.41, 5.74) is 2.24. The van der Waals surface area contributed by atoms with Gasteiger partial charge in [0.25, 0.3) is 5.91 Å². The third kappa shape index (κ3) is 5.90. The maximum absolute atomic E-state index is 13.2. The minimum absolute atomic E-state index is 0.0789. The quantitative estimate of drug-likeness (QED) is 0.622. The number of carbonyl (C=O) groups excluding carboxylic acids is 3. The molecule has 3 heterocycles. The average molecular weight is 487 g/mol. The summed E-state index contributed by atoms with van der Waals surface area (Å²) in [7, 11) is 0. The lowest BCUT2D eigenvalue weighted by atomic mass is 9.92. The number of likely N-dealkylation sites (tertiary alicyclic amines) is 1. The number of esters is 1. The van der Waals surface area contributed by atoms with Crippen LogP contribution in [0.4, 0.5) is 0 Å². The predicted molar refractivity (Wildman–Crippen MR) is 134 cm³/mol. The maximum Gasteiger partial charge on any atom is 0.340 e. The number of aromatic amines is 1. The molecule has 1 aromatic heterocycles. The van der Waals surface area contributed by atoms with Crippen molar-refractivity contribution >= 4 is 17.8 Å². The number of carbonyl (C=O) groups is 3. The lowest BCUT2D eigenvalue weighted by molar-refractivity contribution is -0.134. The molecule has 2 aliphatic heterocycles. The largest absolute Gasteiger partial charge is 0.462 e. The van der Waals surface area contributed by atoms with Crippen LogP contribution in [0.3, 0.4) is 0 Å². The van der Waals surface area contributed by atoms with E-state index in [0.29, 0.717) is 54.5 Å². The molecule has 0 radical (unpaired) electrons. The topological polar surface area (TPSA) is 85.9 Å². The van der Waals surface area contributed by atoms with Gasteiger partial charge in [-0.1, -0.05) is 19.3 Å². The number of piperidine rings is 1. The van der Waals surface area contributed by atoms with E-state index in [1.54, 1.807) is 20.8 Å². The zero-order valence-corrected chi connectivity index (χ0v) is 21.7. The van der Waals surface area contributed by atoms with E-state index in [4.69, 9.17) is 4.74 Å². The second kappa shape index (κ2) is 11.6. The summed E-state index contributed by atoms with van der Waals surface area (Å²) < 4.78 is 5.14. The maximum atomic E-state index is 13.2. The van der Waals surface area contributed by atoms with Gasteiger partial charge in [-0.25, -0.2) is 4.79 Å². The van der Waals surface area contributed by atoms with E-state index in [9.17, 15) is 14.4 Å². The Kier molecular flexibility index (Phi) is 8.52. The minimum Gasteiger partial charge on any atom is -0.462 e. The molecule has 194 valence electrons. The number of H-pyrrole nitrogens is 1. The van der Waals surface area contributed by atoms with Crippen LogP contribution in [0.25, 0.3) is 0 Å². The van der Waals surface area contributed by atoms with Gasteiger partial charge in [-0.2, -0.15) is 0 Å². The number of nitrogens with zero attached hydrogens (tertiary/aromatic N) is 3. The second-order valence-corrected chi connectivity index (χ2v) is 10.5. The molecule has 3 fully saturated rings. The Morgan fingerprint density at radius 1 is 0.886 bits per heavy atom. The molecule has 35 heavy (non-hydrogen) atoms. The van der Waals surface area contributed by atoms with Crippen molar-refractivity contribution in [1.29, 1.82) is 0 Å². The summed E-state index contributed by atoms with van der Waals surface area (Å²) in [6.45, 7) is 10.6. The van der Waals surface area contributed by atoms with Gasteiger partial charge in [-0.15, -0.1) is 0 Å². The molecule has 2 saturated heterocycles. The predicted octanol–water partition coefficient (Wildman–Crippen LogP) is 3.53. The summed E-state index contributed by atoms with van der Waals surface area (Å²) in [4.78, 5) is 48.0. The molecule has 1 saturated carbocycles. The van der Waals surface area contributed by atoms with Crippen molar-refractivity contribution in [1.82, 2.24) is 19.7 Å². The highest BCUT2D eigenvalue weighted by molar-refractivity contribution is 6.00. The second-order valence-electron chi connectivity index (χ2n) is 10.5. The number of piperazine rings is 1. The molecule has 8 heteroatoms. The average Bonchev–Trinajstić information content (AvgIpc) is 3.18. The molecule has 1 aliphatic carbocycles. The number of ether oxygens (including phenoxy) is 1. The lowest BCUT2D eigenvalue weighted by Crippen LogP contribution is -2.52. The number of hydrogen-bond donors (Lipinski definition) is 1. The van der Waals surface area contributed by atoms with Crippen molar-refractivity contribution < 1.29 is 19.1 Å². The molecule has 0 unspecified atom stereocenters. The SMILES string of the molecule is CCOC(=O)c1c(C)[nH]c(C(=O)N2CCC(CC(=O)N3CCN(C4CCCCC4)CC3)CC2)c1C. The fourth-order valence-corrected chi connectivity index (χ4v) is 6.13. The number of nitrogens with one attached hydrogen (secondary N) is 1. The Hall–Kier alpha value is -2.35. The van der Waals surface area contributed by atoms with Crippen LogP contribution < -0.4 is 0 Å². The van der Waals surface area contributed by atoms with E-state index in [1.807, 2.05) is 4.90 Å². The van der Waals surface area contributed by atoms with Gasteiger partial charge < -0.3 is 19.5 Å². The first kappa shape index (κ1) is 25.7. The first-order valence-corrected chi connectivity index (χ1v) is 13.6. The molecule has 2 amide bonds. The van der Waals surface area contributed by atoms with E-state index in [-0.39, 0.29) is 11.8 Å². The number of amides is 2. The monoisotopic (exact) mass is 486 g/mol. The molecule has 0 aromatic carbocycles. The first-order valence-electron chi connectivity index (χ1n) is 13.6. The highest BCUT2D eigenvalue weighted by Gasteiger charge is 2.31. The molecule has 8 nitrogen and oxygen atoms in total. The molecule has 0 spiro atoms. The smallest absolute Gasteiger partial charge is 0.340 e. The Morgan fingerprint density at radius 2 is 1.54 bits per heavy atom. The van der Waals surface area contributed by atoms with Crippen molar-refractivity contribution in [3.05, 3.63) is 22.5 Å². The third-order valence-electron chi connectivity index (χ3n) is 8.25. The molecular formula is C27H42N4O4. The molecule has 4 rings (SSSR count). The van der Waals surface area contributed by atoms with Gasteiger partial charge in [0.15, 0.2) is 0 Å². The van der Waals surface area contributed by atoms with Gasteiger partial charge in [0.05, 0.1) is 12.2 Å². The van der Waals surface area contributed by atoms with Gasteiger partial charge in [0.1, 0.15) is 5.69 Å². The molecule has 3 aliphatic rings. The molecule has 0 bridgehead atoms. The van der Waals surface area contributed by atoms with E-state index in [2.05, 4.69) is 14.8 Å². The lowest BCUT2D eigenvalue weighted by Gasteiger charge is -2.41. The summed E-state index contributed by atoms with van der Waals surface area (Å²) in [5, 5.41) is 0. The van der Waals surface area contributed by atoms with E-state index < -0.39 is 5.97 Å². The van der Waals surface area contributed by atoms with Crippen LogP contribution in [0.2, 0.25) is 0 Å². The summed E-state index contributed by atoms with van der Waals surface area (Å²) in [5.74, 6) is 0.122. The van der Waals surface area contributed by atoms with Crippen LogP contribution in [0.15, 0.2) is 0 Å². The van der Waals surface area contributed by atoms with Gasteiger partial charge in [0, 0.05) is 57.4 Å². The standard InChI is InChI=1S/C27H42N4O4/c1-4-35-27(34)24-19(2)25(28-20(24)3)26(33)31-12-10-21(11-13-31)18-23(32)30-16-14-29(15-17-30)22-8-6-5-7-9-22/h21-22,28H,4-18H2,1-3H3. The van der Waals surface area contributed by atoms with Gasteiger partial charge >= 0.3 is 5.97 Å². The zero-order valence-electron chi connectivity index (χ0n) is 21.7. The molecule has 1 N–H and O–H groups in total. The minimum atomic E-state index is -0.394. The fourth-order valence-electron chi connectivity index (χ4n) is 6.13. The van der Waals surface area contributed by atoms with Crippen molar-refractivity contribution in [2.24, 2.45) is 5.92 Å². The van der Waals surface area contributed by atoms with E-state index in [1.165, 1.54) is 32.1 Å². The zero-order chi connectivity index (χ0) is 24.9. The molecular weight excluding hydrogens is 444 g/mol. The van der Waals surface area contributed by atoms with Crippen LogP contribution >= 0.6 is 0 Å². The molecule has 0 atom stereocenters. The van der Waals surface area contributed by atoms with Crippen molar-refractivity contribution in [3.63, 3.8) is 0 Å². The van der Waals surface area contributed by atoms with Crippen LogP contribution in [0.5, 0.6) is 0 Å². The van der Waals surface area contributed by atoms with Gasteiger partial charge in [-0.05, 0) is 57.9 Å². The van der Waals surface area contributed by atoms with Crippen LogP contribution in [-0.4, -0.2) is 89.4 Å². The van der Waals surface area contributed by atoms with Crippen molar-refractivity contribution in [2.75, 3.05) is 45.9 Å². The Bertz CT molecular complexity index is 905. The Balaban J connectivity index is 1.24. The van der Waals surface area contributed by atoms with Crippen LogP contribution in [0.1, 0.15) is 90.4 Å². The van der Waals surface area contributed by atoms with Crippen molar-refractivity contribution in [3.8, 4) is 0 Å². The summed E-state index contributed by atoms with van der Waals surface area (Å²) in [6.07, 6.45) is 8.96. The highest BCUT2D eigenvalue weighted by Crippen LogP contribution is 2.27. The number of hydrogen-bond acceptors (Lipinski definition) is 5. The van der Waals surface area contributed by atoms with Gasteiger partial charge in [-0.3, -0.25) is 14.5 Å². The fraction of sp³-hybridized carbons (Fsp3) is 0.741. The number of aryl methyl sites for hydroxylation is 1. The van der Waals surface area contributed by atoms with Crippen LogP contribution in [0, 0.1) is 19.8 Å². The van der Waals surface area contributed by atoms with Gasteiger partial charge in [0.2, 0.25) is 5.91 Å². The normalized spacial score (nSPS) is 20.8. The van der Waals surface area contributed by atoms with E-state index >= 15 is 0 Å².